The van der Waals surface area contributed by atoms with E-state index in [0.29, 0.717) is 12.1 Å². The molecule has 96 valence electrons. The highest BCUT2D eigenvalue weighted by Crippen LogP contribution is 2.33. The highest BCUT2D eigenvalue weighted by Gasteiger charge is 2.39. The van der Waals surface area contributed by atoms with Gasteiger partial charge in [-0.05, 0) is 37.6 Å². The average Bonchev–Trinajstić information content (AvgIpc) is 2.63. The maximum atomic E-state index is 6.36. The van der Waals surface area contributed by atoms with Crippen LogP contribution < -0.4 is 5.73 Å². The Morgan fingerprint density at radius 1 is 1.31 bits per heavy atom. The van der Waals surface area contributed by atoms with Gasteiger partial charge in [0.25, 0.3) is 0 Å². The van der Waals surface area contributed by atoms with Gasteiger partial charge in [-0.1, -0.05) is 34.6 Å². The minimum Gasteiger partial charge on any atom is -0.326 e. The molecule has 1 fully saturated rings. The number of rotatable bonds is 4. The van der Waals surface area contributed by atoms with E-state index in [-0.39, 0.29) is 5.41 Å². The molecule has 0 aromatic carbocycles. The van der Waals surface area contributed by atoms with E-state index in [1.165, 1.54) is 25.8 Å². The molecular formula is C14H30N2. The SMILES string of the molecule is CCC(N)C(N1CCCC1CC)C(C)(C)C. The second kappa shape index (κ2) is 5.50. The van der Waals surface area contributed by atoms with E-state index in [1.807, 2.05) is 0 Å². The van der Waals surface area contributed by atoms with Crippen LogP contribution in [0.2, 0.25) is 0 Å². The molecule has 3 atom stereocenters. The maximum absolute atomic E-state index is 6.36. The molecule has 1 aliphatic rings. The van der Waals surface area contributed by atoms with Gasteiger partial charge in [0.05, 0.1) is 0 Å². The third kappa shape index (κ3) is 2.98. The van der Waals surface area contributed by atoms with Gasteiger partial charge in [-0.15, -0.1) is 0 Å². The van der Waals surface area contributed by atoms with Crippen molar-refractivity contribution in [1.82, 2.24) is 4.90 Å². The number of nitrogens with two attached hydrogens (primary N) is 1. The summed E-state index contributed by atoms with van der Waals surface area (Å²) in [5, 5.41) is 0. The van der Waals surface area contributed by atoms with Crippen molar-refractivity contribution in [3.63, 3.8) is 0 Å². The van der Waals surface area contributed by atoms with Gasteiger partial charge >= 0.3 is 0 Å². The summed E-state index contributed by atoms with van der Waals surface area (Å²) in [5.74, 6) is 0. The van der Waals surface area contributed by atoms with Gasteiger partial charge in [-0.3, -0.25) is 4.90 Å². The third-order valence-corrected chi connectivity index (χ3v) is 4.02. The second-order valence-corrected chi connectivity index (χ2v) is 6.33. The third-order valence-electron chi connectivity index (χ3n) is 4.02. The first kappa shape index (κ1) is 14.0. The molecule has 0 bridgehead atoms. The fourth-order valence-corrected chi connectivity index (χ4v) is 3.27. The number of nitrogens with zero attached hydrogens (tertiary/aromatic N) is 1. The first-order valence-corrected chi connectivity index (χ1v) is 6.93. The Bertz CT molecular complexity index is 207. The first-order valence-electron chi connectivity index (χ1n) is 6.93. The normalized spacial score (nSPS) is 27.0. The molecule has 3 unspecified atom stereocenters. The van der Waals surface area contributed by atoms with Crippen molar-refractivity contribution in [3.8, 4) is 0 Å². The van der Waals surface area contributed by atoms with Crippen molar-refractivity contribution in [2.24, 2.45) is 11.1 Å². The lowest BCUT2D eigenvalue weighted by atomic mass is 9.80. The van der Waals surface area contributed by atoms with Crippen LogP contribution >= 0.6 is 0 Å². The Labute approximate surface area is 102 Å². The standard InChI is InChI=1S/C14H30N2/c1-6-11-9-8-10-16(11)13(12(15)7-2)14(3,4)5/h11-13H,6-10,15H2,1-5H3. The van der Waals surface area contributed by atoms with E-state index in [4.69, 9.17) is 5.73 Å². The molecule has 1 saturated heterocycles. The Balaban J connectivity index is 2.83. The van der Waals surface area contributed by atoms with Crippen molar-refractivity contribution in [3.05, 3.63) is 0 Å². The summed E-state index contributed by atoms with van der Waals surface area (Å²) in [6.45, 7) is 12.8. The Morgan fingerprint density at radius 3 is 2.38 bits per heavy atom. The lowest BCUT2D eigenvalue weighted by Crippen LogP contribution is -2.55. The molecule has 2 N–H and O–H groups in total. The lowest BCUT2D eigenvalue weighted by Gasteiger charge is -2.44. The molecule has 0 aliphatic carbocycles. The van der Waals surface area contributed by atoms with E-state index >= 15 is 0 Å². The summed E-state index contributed by atoms with van der Waals surface area (Å²) >= 11 is 0. The van der Waals surface area contributed by atoms with Gasteiger partial charge in [-0.2, -0.15) is 0 Å². The average molecular weight is 226 g/mol. The van der Waals surface area contributed by atoms with Gasteiger partial charge in [0.2, 0.25) is 0 Å². The molecule has 0 saturated carbocycles. The van der Waals surface area contributed by atoms with Crippen molar-refractivity contribution in [2.45, 2.75) is 78.4 Å². The highest BCUT2D eigenvalue weighted by molar-refractivity contribution is 4.95. The van der Waals surface area contributed by atoms with Crippen LogP contribution in [0.15, 0.2) is 0 Å². The molecule has 1 rings (SSSR count). The van der Waals surface area contributed by atoms with Crippen LogP contribution in [0.5, 0.6) is 0 Å². The lowest BCUT2D eigenvalue weighted by molar-refractivity contribution is 0.0641. The van der Waals surface area contributed by atoms with Crippen molar-refractivity contribution in [2.75, 3.05) is 6.54 Å². The van der Waals surface area contributed by atoms with Crippen molar-refractivity contribution >= 4 is 0 Å². The minimum absolute atomic E-state index is 0.285. The summed E-state index contributed by atoms with van der Waals surface area (Å²) in [6, 6.07) is 1.61. The molecular weight excluding hydrogens is 196 g/mol. The van der Waals surface area contributed by atoms with Crippen LogP contribution in [-0.2, 0) is 0 Å². The molecule has 0 aromatic rings. The molecule has 0 aromatic heterocycles. The number of hydrogen-bond donors (Lipinski definition) is 1. The fraction of sp³-hybridized carbons (Fsp3) is 1.00. The van der Waals surface area contributed by atoms with Crippen LogP contribution in [0.3, 0.4) is 0 Å². The minimum atomic E-state index is 0.285. The largest absolute Gasteiger partial charge is 0.326 e. The molecule has 2 heteroatoms. The quantitative estimate of drug-likeness (QED) is 0.798. The Morgan fingerprint density at radius 2 is 1.94 bits per heavy atom. The van der Waals surface area contributed by atoms with E-state index in [9.17, 15) is 0 Å². The maximum Gasteiger partial charge on any atom is 0.0298 e. The molecule has 0 spiro atoms. The second-order valence-electron chi connectivity index (χ2n) is 6.33. The molecule has 2 nitrogen and oxygen atoms in total. The molecule has 0 amide bonds. The topological polar surface area (TPSA) is 29.3 Å². The Hall–Kier alpha value is -0.0800. The first-order chi connectivity index (χ1) is 7.41. The van der Waals surface area contributed by atoms with Crippen molar-refractivity contribution < 1.29 is 0 Å². The monoisotopic (exact) mass is 226 g/mol. The van der Waals surface area contributed by atoms with E-state index < -0.39 is 0 Å². The predicted octanol–water partition coefficient (Wildman–Crippen LogP) is 3.01. The molecule has 0 radical (unpaired) electrons. The summed E-state index contributed by atoms with van der Waals surface area (Å²) < 4.78 is 0. The van der Waals surface area contributed by atoms with Gasteiger partial charge in [0.1, 0.15) is 0 Å². The Kier molecular flexibility index (Phi) is 4.81. The van der Waals surface area contributed by atoms with Gasteiger partial charge < -0.3 is 5.73 Å². The van der Waals surface area contributed by atoms with E-state index in [2.05, 4.69) is 39.5 Å². The van der Waals surface area contributed by atoms with E-state index in [1.54, 1.807) is 0 Å². The van der Waals surface area contributed by atoms with Crippen LogP contribution in [0.1, 0.15) is 60.3 Å². The van der Waals surface area contributed by atoms with Gasteiger partial charge in [0.15, 0.2) is 0 Å². The zero-order valence-electron chi connectivity index (χ0n) is 11.8. The number of likely N-dealkylation sites (tertiary alicyclic amines) is 1. The number of hydrogen-bond acceptors (Lipinski definition) is 2. The summed E-state index contributed by atoms with van der Waals surface area (Å²) in [4.78, 5) is 2.69. The van der Waals surface area contributed by atoms with Crippen LogP contribution in [-0.4, -0.2) is 29.6 Å². The smallest absolute Gasteiger partial charge is 0.0298 e. The predicted molar refractivity (Wildman–Crippen MR) is 71.5 cm³/mol. The van der Waals surface area contributed by atoms with Crippen LogP contribution in [0.25, 0.3) is 0 Å². The zero-order valence-corrected chi connectivity index (χ0v) is 11.8. The highest BCUT2D eigenvalue weighted by atomic mass is 15.2. The van der Waals surface area contributed by atoms with Gasteiger partial charge in [-0.25, -0.2) is 0 Å². The van der Waals surface area contributed by atoms with E-state index in [0.717, 1.165) is 12.5 Å². The van der Waals surface area contributed by atoms with Gasteiger partial charge in [0, 0.05) is 18.1 Å². The molecule has 16 heavy (non-hydrogen) atoms. The van der Waals surface area contributed by atoms with Crippen molar-refractivity contribution in [1.29, 1.82) is 0 Å². The molecule has 1 aliphatic heterocycles. The zero-order chi connectivity index (χ0) is 12.3. The summed E-state index contributed by atoms with van der Waals surface area (Å²) in [7, 11) is 0. The summed E-state index contributed by atoms with van der Waals surface area (Å²) in [6.07, 6.45) is 5.05. The molecule has 1 heterocycles. The van der Waals surface area contributed by atoms with Crippen LogP contribution in [0, 0.1) is 5.41 Å². The summed E-state index contributed by atoms with van der Waals surface area (Å²) in [5.41, 5.74) is 6.64. The fourth-order valence-electron chi connectivity index (χ4n) is 3.27. The van der Waals surface area contributed by atoms with Crippen LogP contribution in [0.4, 0.5) is 0 Å².